The lowest BCUT2D eigenvalue weighted by Gasteiger charge is -2.22. The van der Waals surface area contributed by atoms with E-state index in [1.807, 2.05) is 13.0 Å². The molecule has 2 N–H and O–H groups in total. The molecule has 1 fully saturated rings. The lowest BCUT2D eigenvalue weighted by Crippen LogP contribution is -2.49. The molecule has 0 radical (unpaired) electrons. The van der Waals surface area contributed by atoms with Crippen molar-refractivity contribution in [3.05, 3.63) is 28.8 Å². The van der Waals surface area contributed by atoms with Crippen LogP contribution in [-0.2, 0) is 9.59 Å². The largest absolute Gasteiger partial charge is 0.343 e. The van der Waals surface area contributed by atoms with E-state index in [1.54, 1.807) is 12.1 Å². The SMILES string of the molecule is Cc1ccc(Cl)cc1NC(=O)C1CSCC(=O)N1. The summed E-state index contributed by atoms with van der Waals surface area (Å²) in [5.41, 5.74) is 1.61. The highest BCUT2D eigenvalue weighted by atomic mass is 35.5. The zero-order valence-corrected chi connectivity index (χ0v) is 11.4. The fraction of sp³-hybridized carbons (Fsp3) is 0.333. The third-order valence-corrected chi connectivity index (χ3v) is 3.90. The summed E-state index contributed by atoms with van der Waals surface area (Å²) >= 11 is 7.34. The maximum absolute atomic E-state index is 12.0. The number of halogens is 1. The van der Waals surface area contributed by atoms with Gasteiger partial charge in [0.15, 0.2) is 0 Å². The Morgan fingerprint density at radius 3 is 3.06 bits per heavy atom. The molecular weight excluding hydrogens is 272 g/mol. The van der Waals surface area contributed by atoms with Crippen LogP contribution in [-0.4, -0.2) is 29.4 Å². The van der Waals surface area contributed by atoms with Gasteiger partial charge in [-0.25, -0.2) is 0 Å². The van der Waals surface area contributed by atoms with Crippen molar-refractivity contribution < 1.29 is 9.59 Å². The second-order valence-corrected chi connectivity index (χ2v) is 5.55. The number of rotatable bonds is 2. The van der Waals surface area contributed by atoms with E-state index in [1.165, 1.54) is 11.8 Å². The molecule has 4 nitrogen and oxygen atoms in total. The van der Waals surface area contributed by atoms with E-state index in [9.17, 15) is 9.59 Å². The summed E-state index contributed by atoms with van der Waals surface area (Å²) in [7, 11) is 0. The number of amides is 2. The fourth-order valence-electron chi connectivity index (χ4n) is 1.64. The van der Waals surface area contributed by atoms with E-state index < -0.39 is 6.04 Å². The van der Waals surface area contributed by atoms with Gasteiger partial charge in [-0.05, 0) is 24.6 Å². The topological polar surface area (TPSA) is 58.2 Å². The number of benzene rings is 1. The van der Waals surface area contributed by atoms with Gasteiger partial charge in [-0.2, -0.15) is 0 Å². The summed E-state index contributed by atoms with van der Waals surface area (Å²) in [5, 5.41) is 6.02. The number of carbonyl (C=O) groups excluding carboxylic acids is 2. The Kier molecular flexibility index (Phi) is 4.14. The van der Waals surface area contributed by atoms with Gasteiger partial charge < -0.3 is 10.6 Å². The summed E-state index contributed by atoms with van der Waals surface area (Å²) in [6.45, 7) is 1.89. The number of hydrogen-bond acceptors (Lipinski definition) is 3. The van der Waals surface area contributed by atoms with Gasteiger partial charge in [0.1, 0.15) is 6.04 Å². The first kappa shape index (κ1) is 13.2. The zero-order chi connectivity index (χ0) is 13.1. The van der Waals surface area contributed by atoms with Gasteiger partial charge >= 0.3 is 0 Å². The van der Waals surface area contributed by atoms with E-state index in [2.05, 4.69) is 10.6 Å². The van der Waals surface area contributed by atoms with Crippen molar-refractivity contribution in [3.63, 3.8) is 0 Å². The lowest BCUT2D eigenvalue weighted by molar-refractivity contribution is -0.124. The number of nitrogens with one attached hydrogen (secondary N) is 2. The number of anilines is 1. The summed E-state index contributed by atoms with van der Waals surface area (Å²) in [6.07, 6.45) is 0. The summed E-state index contributed by atoms with van der Waals surface area (Å²) in [5.74, 6) is 0.701. The molecule has 0 aromatic heterocycles. The van der Waals surface area contributed by atoms with Crippen LogP contribution in [0.1, 0.15) is 5.56 Å². The highest BCUT2D eigenvalue weighted by Gasteiger charge is 2.25. The Balaban J connectivity index is 2.06. The minimum atomic E-state index is -0.477. The fourth-order valence-corrected chi connectivity index (χ4v) is 2.67. The maximum Gasteiger partial charge on any atom is 0.247 e. The van der Waals surface area contributed by atoms with Gasteiger partial charge in [-0.3, -0.25) is 9.59 Å². The molecule has 1 aromatic carbocycles. The van der Waals surface area contributed by atoms with E-state index in [0.717, 1.165) is 5.56 Å². The van der Waals surface area contributed by atoms with Crippen molar-refractivity contribution in [2.75, 3.05) is 16.8 Å². The van der Waals surface area contributed by atoms with Crippen molar-refractivity contribution in [1.82, 2.24) is 5.32 Å². The molecule has 1 aliphatic heterocycles. The molecule has 0 spiro atoms. The normalized spacial score (nSPS) is 19.2. The summed E-state index contributed by atoms with van der Waals surface area (Å²) < 4.78 is 0. The Morgan fingerprint density at radius 1 is 1.56 bits per heavy atom. The zero-order valence-electron chi connectivity index (χ0n) is 9.83. The standard InChI is InChI=1S/C12H13ClN2O2S/c1-7-2-3-8(13)4-9(7)15-12(17)10-5-18-6-11(16)14-10/h2-4,10H,5-6H2,1H3,(H,14,16)(H,15,17). The molecule has 6 heteroatoms. The first-order valence-corrected chi connectivity index (χ1v) is 7.03. The molecule has 2 rings (SSSR count). The number of aryl methyl sites for hydroxylation is 1. The van der Waals surface area contributed by atoms with Crippen LogP contribution in [0.2, 0.25) is 5.02 Å². The molecule has 18 heavy (non-hydrogen) atoms. The van der Waals surface area contributed by atoms with Gasteiger partial charge in [-0.1, -0.05) is 17.7 Å². The van der Waals surface area contributed by atoms with Crippen LogP contribution in [0.25, 0.3) is 0 Å². The van der Waals surface area contributed by atoms with Gasteiger partial charge in [0, 0.05) is 16.5 Å². The Hall–Kier alpha value is -1.20. The molecule has 1 saturated heterocycles. The van der Waals surface area contributed by atoms with Crippen molar-refractivity contribution in [1.29, 1.82) is 0 Å². The van der Waals surface area contributed by atoms with Gasteiger partial charge in [0.25, 0.3) is 0 Å². The molecule has 1 aliphatic rings. The molecule has 96 valence electrons. The van der Waals surface area contributed by atoms with Crippen LogP contribution in [0.3, 0.4) is 0 Å². The van der Waals surface area contributed by atoms with Crippen LogP contribution in [0, 0.1) is 6.92 Å². The van der Waals surface area contributed by atoms with Crippen molar-refractivity contribution in [2.24, 2.45) is 0 Å². The van der Waals surface area contributed by atoms with Crippen molar-refractivity contribution in [2.45, 2.75) is 13.0 Å². The molecule has 1 unspecified atom stereocenters. The Bertz CT molecular complexity index is 493. The number of thioether (sulfide) groups is 1. The predicted octanol–water partition coefficient (Wildman–Crippen LogP) is 1.82. The molecule has 1 heterocycles. The second-order valence-electron chi connectivity index (χ2n) is 4.08. The van der Waals surface area contributed by atoms with E-state index in [0.29, 0.717) is 22.2 Å². The van der Waals surface area contributed by atoms with Gasteiger partial charge in [0.2, 0.25) is 11.8 Å². The maximum atomic E-state index is 12.0. The third kappa shape index (κ3) is 3.17. The Morgan fingerprint density at radius 2 is 2.33 bits per heavy atom. The van der Waals surface area contributed by atoms with E-state index in [4.69, 9.17) is 11.6 Å². The third-order valence-electron chi connectivity index (χ3n) is 2.63. The molecular formula is C12H13ClN2O2S. The van der Waals surface area contributed by atoms with Crippen molar-refractivity contribution >= 4 is 40.9 Å². The summed E-state index contributed by atoms with van der Waals surface area (Å²) in [6, 6.07) is 4.83. The molecule has 0 saturated carbocycles. The Labute approximate surface area is 114 Å². The first-order valence-electron chi connectivity index (χ1n) is 5.50. The minimum Gasteiger partial charge on any atom is -0.343 e. The second kappa shape index (κ2) is 5.63. The van der Waals surface area contributed by atoms with Crippen LogP contribution < -0.4 is 10.6 Å². The average molecular weight is 285 g/mol. The van der Waals surface area contributed by atoms with Gasteiger partial charge in [-0.15, -0.1) is 11.8 Å². The van der Waals surface area contributed by atoms with Gasteiger partial charge in [0.05, 0.1) is 5.75 Å². The highest BCUT2D eigenvalue weighted by molar-refractivity contribution is 8.00. The highest BCUT2D eigenvalue weighted by Crippen LogP contribution is 2.21. The predicted molar refractivity (Wildman–Crippen MR) is 74.1 cm³/mol. The smallest absolute Gasteiger partial charge is 0.247 e. The first-order chi connectivity index (χ1) is 8.56. The monoisotopic (exact) mass is 284 g/mol. The lowest BCUT2D eigenvalue weighted by atomic mass is 10.2. The minimum absolute atomic E-state index is 0.103. The summed E-state index contributed by atoms with van der Waals surface area (Å²) in [4.78, 5) is 23.2. The molecule has 2 amide bonds. The van der Waals surface area contributed by atoms with Crippen LogP contribution in [0.15, 0.2) is 18.2 Å². The van der Waals surface area contributed by atoms with Crippen LogP contribution in [0.5, 0.6) is 0 Å². The van der Waals surface area contributed by atoms with Crippen LogP contribution in [0.4, 0.5) is 5.69 Å². The molecule has 0 aliphatic carbocycles. The molecule has 0 bridgehead atoms. The van der Waals surface area contributed by atoms with Crippen LogP contribution >= 0.6 is 23.4 Å². The van der Waals surface area contributed by atoms with Crippen molar-refractivity contribution in [3.8, 4) is 0 Å². The number of hydrogen-bond donors (Lipinski definition) is 2. The quantitative estimate of drug-likeness (QED) is 0.871. The van der Waals surface area contributed by atoms with E-state index in [-0.39, 0.29) is 11.8 Å². The number of carbonyl (C=O) groups is 2. The average Bonchev–Trinajstić information content (AvgIpc) is 2.34. The van der Waals surface area contributed by atoms with E-state index >= 15 is 0 Å². The molecule has 1 aromatic rings. The molecule has 1 atom stereocenters.